The lowest BCUT2D eigenvalue weighted by Crippen LogP contribution is -2.24. The van der Waals surface area contributed by atoms with Crippen molar-refractivity contribution < 1.29 is 8.78 Å². The van der Waals surface area contributed by atoms with Crippen LogP contribution in [0.2, 0.25) is 0 Å². The highest BCUT2D eigenvalue weighted by atomic mass is 19.3. The Morgan fingerprint density at radius 2 is 1.95 bits per heavy atom. The molecule has 0 aliphatic carbocycles. The van der Waals surface area contributed by atoms with Gasteiger partial charge in [-0.15, -0.1) is 0 Å². The molecule has 2 aromatic rings. The van der Waals surface area contributed by atoms with Crippen LogP contribution in [-0.4, -0.2) is 11.5 Å². The molecule has 3 rings (SSSR count). The van der Waals surface area contributed by atoms with Crippen LogP contribution in [-0.2, 0) is 0 Å². The number of hydrogen-bond acceptors (Lipinski definition) is 3. The Bertz CT molecular complexity index is 616. The average molecular weight is 289 g/mol. The van der Waals surface area contributed by atoms with E-state index in [4.69, 9.17) is 5.73 Å². The van der Waals surface area contributed by atoms with Crippen LogP contribution in [0.3, 0.4) is 0 Å². The number of nitrogen functional groups attached to an aromatic ring is 1. The van der Waals surface area contributed by atoms with E-state index in [-0.39, 0.29) is 11.6 Å². The van der Waals surface area contributed by atoms with Crippen LogP contribution in [0.5, 0.6) is 0 Å². The van der Waals surface area contributed by atoms with Crippen LogP contribution in [0.15, 0.2) is 42.7 Å². The lowest BCUT2D eigenvalue weighted by atomic mass is 10.0. The number of alkyl halides is 2. The maximum absolute atomic E-state index is 13.3. The molecule has 0 bridgehead atoms. The summed E-state index contributed by atoms with van der Waals surface area (Å²) >= 11 is 0. The highest BCUT2D eigenvalue weighted by Gasteiger charge is 2.29. The fourth-order valence-electron chi connectivity index (χ4n) is 3.00. The molecule has 1 fully saturated rings. The molecule has 2 heterocycles. The Hall–Kier alpha value is -2.17. The van der Waals surface area contributed by atoms with E-state index in [1.165, 1.54) is 6.07 Å². The monoisotopic (exact) mass is 289 g/mol. The van der Waals surface area contributed by atoms with Crippen LogP contribution in [0.4, 0.5) is 20.2 Å². The second-order valence-electron chi connectivity index (χ2n) is 5.25. The molecule has 0 amide bonds. The molecule has 1 aromatic heterocycles. The molecule has 1 aromatic carbocycles. The zero-order valence-electron chi connectivity index (χ0n) is 11.5. The summed E-state index contributed by atoms with van der Waals surface area (Å²) in [7, 11) is 0. The number of benzene rings is 1. The minimum atomic E-state index is -2.53. The van der Waals surface area contributed by atoms with Crippen LogP contribution in [0.25, 0.3) is 0 Å². The van der Waals surface area contributed by atoms with Gasteiger partial charge in [0.05, 0.1) is 6.04 Å². The first-order valence-electron chi connectivity index (χ1n) is 7.01. The Balaban J connectivity index is 1.99. The number of nitrogens with two attached hydrogens (primary N) is 1. The Morgan fingerprint density at radius 1 is 1.19 bits per heavy atom. The van der Waals surface area contributed by atoms with Crippen molar-refractivity contribution in [2.24, 2.45) is 0 Å². The molecular weight excluding hydrogens is 272 g/mol. The fraction of sp³-hybridized carbons (Fsp3) is 0.312. The van der Waals surface area contributed by atoms with Gasteiger partial charge in [0, 0.05) is 35.9 Å². The van der Waals surface area contributed by atoms with Crippen molar-refractivity contribution in [2.45, 2.75) is 25.3 Å². The Morgan fingerprint density at radius 3 is 2.67 bits per heavy atom. The van der Waals surface area contributed by atoms with Gasteiger partial charge in [0.1, 0.15) is 0 Å². The van der Waals surface area contributed by atoms with E-state index < -0.39 is 6.43 Å². The van der Waals surface area contributed by atoms with Gasteiger partial charge in [0.15, 0.2) is 0 Å². The summed E-state index contributed by atoms with van der Waals surface area (Å²) in [5.41, 5.74) is 7.72. The molecule has 0 radical (unpaired) electrons. The largest absolute Gasteiger partial charge is 0.399 e. The third kappa shape index (κ3) is 2.68. The van der Waals surface area contributed by atoms with Gasteiger partial charge in [0.25, 0.3) is 6.43 Å². The molecule has 0 spiro atoms. The molecule has 1 atom stereocenters. The predicted octanol–water partition coefficient (Wildman–Crippen LogP) is 3.94. The van der Waals surface area contributed by atoms with Gasteiger partial charge in [-0.2, -0.15) is 0 Å². The van der Waals surface area contributed by atoms with Crippen molar-refractivity contribution in [1.29, 1.82) is 0 Å². The third-order valence-corrected chi connectivity index (χ3v) is 3.94. The maximum Gasteiger partial charge on any atom is 0.265 e. The predicted molar refractivity (Wildman–Crippen MR) is 79.4 cm³/mol. The fourth-order valence-corrected chi connectivity index (χ4v) is 3.00. The average Bonchev–Trinajstić information content (AvgIpc) is 2.97. The second-order valence-corrected chi connectivity index (χ2v) is 5.25. The SMILES string of the molecule is Nc1ccc(N2CCCC2c2ccncc2)c(C(F)F)c1. The molecule has 0 saturated carbocycles. The Labute approximate surface area is 122 Å². The molecule has 1 saturated heterocycles. The summed E-state index contributed by atoms with van der Waals surface area (Å²) in [6.07, 6.45) is 2.89. The first-order valence-corrected chi connectivity index (χ1v) is 7.01. The van der Waals surface area contributed by atoms with Gasteiger partial charge in [-0.25, -0.2) is 8.78 Å². The maximum atomic E-state index is 13.3. The topological polar surface area (TPSA) is 42.1 Å². The van der Waals surface area contributed by atoms with Gasteiger partial charge >= 0.3 is 0 Å². The van der Waals surface area contributed by atoms with Crippen LogP contribution >= 0.6 is 0 Å². The lowest BCUT2D eigenvalue weighted by molar-refractivity contribution is 0.152. The van der Waals surface area contributed by atoms with E-state index in [0.717, 1.165) is 24.9 Å². The number of nitrogens with zero attached hydrogens (tertiary/aromatic N) is 2. The summed E-state index contributed by atoms with van der Waals surface area (Å²) in [4.78, 5) is 6.07. The summed E-state index contributed by atoms with van der Waals surface area (Å²) in [5.74, 6) is 0. The first kappa shape index (κ1) is 13.8. The summed E-state index contributed by atoms with van der Waals surface area (Å²) in [6, 6.07) is 8.78. The smallest absolute Gasteiger partial charge is 0.265 e. The number of pyridine rings is 1. The van der Waals surface area contributed by atoms with E-state index in [9.17, 15) is 8.78 Å². The van der Waals surface area contributed by atoms with Gasteiger partial charge in [0.2, 0.25) is 0 Å². The zero-order valence-corrected chi connectivity index (χ0v) is 11.5. The van der Waals surface area contributed by atoms with Crippen LogP contribution < -0.4 is 10.6 Å². The normalized spacial score (nSPS) is 18.4. The van der Waals surface area contributed by atoms with Gasteiger partial charge in [-0.1, -0.05) is 0 Å². The van der Waals surface area contributed by atoms with E-state index in [0.29, 0.717) is 11.4 Å². The molecule has 3 nitrogen and oxygen atoms in total. The minimum Gasteiger partial charge on any atom is -0.399 e. The minimum absolute atomic E-state index is 0.0101. The van der Waals surface area contributed by atoms with Gasteiger partial charge in [-0.05, 0) is 48.7 Å². The summed E-state index contributed by atoms with van der Waals surface area (Å²) < 4.78 is 26.6. The number of hydrogen-bond donors (Lipinski definition) is 1. The molecule has 1 unspecified atom stereocenters. The van der Waals surface area contributed by atoms with Crippen LogP contribution in [0, 0.1) is 0 Å². The molecule has 21 heavy (non-hydrogen) atoms. The van der Waals surface area contributed by atoms with E-state index in [1.807, 2.05) is 12.1 Å². The van der Waals surface area contributed by atoms with Crippen LogP contribution in [0.1, 0.15) is 36.4 Å². The second kappa shape index (κ2) is 5.68. The van der Waals surface area contributed by atoms with E-state index >= 15 is 0 Å². The Kier molecular flexibility index (Phi) is 3.73. The number of aromatic nitrogens is 1. The number of halogens is 2. The zero-order chi connectivity index (χ0) is 14.8. The highest BCUT2D eigenvalue weighted by molar-refractivity contribution is 5.61. The van der Waals surface area contributed by atoms with Crippen molar-refractivity contribution in [3.63, 3.8) is 0 Å². The van der Waals surface area contributed by atoms with Crippen molar-refractivity contribution >= 4 is 11.4 Å². The van der Waals surface area contributed by atoms with Crippen molar-refractivity contribution in [3.05, 3.63) is 53.9 Å². The standard InChI is InChI=1S/C16H17F2N3/c17-16(18)13-10-12(19)3-4-15(13)21-9-1-2-14(21)11-5-7-20-8-6-11/h3-8,10,14,16H,1-2,9,19H2. The first-order chi connectivity index (χ1) is 10.2. The molecular formula is C16H17F2N3. The molecule has 5 heteroatoms. The molecule has 2 N–H and O–H groups in total. The van der Waals surface area contributed by atoms with Gasteiger partial charge < -0.3 is 10.6 Å². The molecule has 1 aliphatic rings. The summed E-state index contributed by atoms with van der Waals surface area (Å²) in [5, 5.41) is 0. The lowest BCUT2D eigenvalue weighted by Gasteiger charge is -2.29. The van der Waals surface area contributed by atoms with Gasteiger partial charge in [-0.3, -0.25) is 4.98 Å². The third-order valence-electron chi connectivity index (χ3n) is 3.94. The summed E-state index contributed by atoms with van der Waals surface area (Å²) in [6.45, 7) is 0.774. The van der Waals surface area contributed by atoms with Crippen molar-refractivity contribution in [3.8, 4) is 0 Å². The van der Waals surface area contributed by atoms with E-state index in [1.54, 1.807) is 24.5 Å². The quantitative estimate of drug-likeness (QED) is 0.870. The van der Waals surface area contributed by atoms with Crippen molar-refractivity contribution in [2.75, 3.05) is 17.2 Å². The number of anilines is 2. The molecule has 110 valence electrons. The van der Waals surface area contributed by atoms with E-state index in [2.05, 4.69) is 9.88 Å². The van der Waals surface area contributed by atoms with Crippen molar-refractivity contribution in [1.82, 2.24) is 4.98 Å². The molecule has 1 aliphatic heterocycles. The highest BCUT2D eigenvalue weighted by Crippen LogP contribution is 2.40. The number of rotatable bonds is 3.